The molecular formula is C7H6O4. The van der Waals surface area contributed by atoms with Gasteiger partial charge in [-0.15, -0.1) is 0 Å². The first-order valence-corrected chi connectivity index (χ1v) is 2.96. The number of carbonyl (C=O) groups is 1. The molecule has 0 bridgehead atoms. The molecule has 1 rings (SSSR count). The summed E-state index contributed by atoms with van der Waals surface area (Å²) < 4.78 is 8.93. The van der Waals surface area contributed by atoms with Gasteiger partial charge in [-0.05, 0) is 12.1 Å². The number of carbonyl (C=O) groups excluding carboxylic acids is 1. The quantitative estimate of drug-likeness (QED) is 0.554. The molecule has 0 aliphatic heterocycles. The zero-order valence-electron chi connectivity index (χ0n) is 5.87. The van der Waals surface area contributed by atoms with Crippen LogP contribution in [0, 0.1) is 0 Å². The Kier molecular flexibility index (Phi) is 2.06. The predicted molar refractivity (Wildman–Crippen MR) is 36.3 cm³/mol. The Hall–Kier alpha value is -1.58. The molecule has 11 heavy (non-hydrogen) atoms. The van der Waals surface area contributed by atoms with Crippen molar-refractivity contribution in [1.29, 1.82) is 0 Å². The van der Waals surface area contributed by atoms with Crippen LogP contribution in [0.1, 0.15) is 6.92 Å². The van der Waals surface area contributed by atoms with Crippen LogP contribution in [-0.2, 0) is 4.79 Å². The van der Waals surface area contributed by atoms with Gasteiger partial charge in [0.2, 0.25) is 5.75 Å². The number of ether oxygens (including phenoxy) is 1. The molecule has 0 amide bonds. The van der Waals surface area contributed by atoms with E-state index in [1.807, 2.05) is 0 Å². The van der Waals surface area contributed by atoms with Gasteiger partial charge in [-0.2, -0.15) is 0 Å². The average molecular weight is 154 g/mol. The molecule has 0 saturated carbocycles. The first kappa shape index (κ1) is 7.53. The van der Waals surface area contributed by atoms with E-state index in [1.54, 1.807) is 0 Å². The summed E-state index contributed by atoms with van der Waals surface area (Å²) in [6, 6.07) is 2.84. The van der Waals surface area contributed by atoms with Crippen LogP contribution in [0.15, 0.2) is 27.6 Å². The van der Waals surface area contributed by atoms with Crippen LogP contribution in [0.3, 0.4) is 0 Å². The van der Waals surface area contributed by atoms with Gasteiger partial charge in [0.1, 0.15) is 0 Å². The van der Waals surface area contributed by atoms with Gasteiger partial charge in [0, 0.05) is 6.92 Å². The van der Waals surface area contributed by atoms with E-state index in [0.29, 0.717) is 0 Å². The molecule has 0 spiro atoms. The fraction of sp³-hybridized carbons (Fsp3) is 0.143. The first-order valence-electron chi connectivity index (χ1n) is 2.96. The highest BCUT2D eigenvalue weighted by atomic mass is 16.5. The standard InChI is InChI=1S/C7H6O4/c1-5(8)11-6-3-2-4-10-7(6)9/h2-4H,1H3. The molecular weight excluding hydrogens is 148 g/mol. The van der Waals surface area contributed by atoms with Gasteiger partial charge >= 0.3 is 11.6 Å². The van der Waals surface area contributed by atoms with Gasteiger partial charge in [0.05, 0.1) is 6.26 Å². The summed E-state index contributed by atoms with van der Waals surface area (Å²) in [7, 11) is 0. The lowest BCUT2D eigenvalue weighted by atomic mass is 10.5. The van der Waals surface area contributed by atoms with Gasteiger partial charge in [-0.3, -0.25) is 4.79 Å². The van der Waals surface area contributed by atoms with Gasteiger partial charge in [0.15, 0.2) is 0 Å². The van der Waals surface area contributed by atoms with E-state index in [9.17, 15) is 9.59 Å². The van der Waals surface area contributed by atoms with E-state index in [0.717, 1.165) is 0 Å². The summed E-state index contributed by atoms with van der Waals surface area (Å²) in [6.45, 7) is 1.21. The smallest absolute Gasteiger partial charge is 0.379 e. The Labute approximate surface area is 62.4 Å². The molecule has 0 aromatic carbocycles. The SMILES string of the molecule is CC(=O)Oc1cccoc1=O. The molecule has 4 heteroatoms. The topological polar surface area (TPSA) is 56.5 Å². The second kappa shape index (κ2) is 3.01. The summed E-state index contributed by atoms with van der Waals surface area (Å²) in [4.78, 5) is 21.1. The van der Waals surface area contributed by atoms with E-state index in [1.165, 1.54) is 25.3 Å². The zero-order valence-corrected chi connectivity index (χ0v) is 5.87. The largest absolute Gasteiger partial charge is 0.429 e. The lowest BCUT2D eigenvalue weighted by molar-refractivity contribution is -0.132. The van der Waals surface area contributed by atoms with Crippen molar-refractivity contribution >= 4 is 5.97 Å². The van der Waals surface area contributed by atoms with Crippen molar-refractivity contribution in [3.05, 3.63) is 28.8 Å². The molecule has 0 N–H and O–H groups in total. The van der Waals surface area contributed by atoms with Crippen LogP contribution in [-0.4, -0.2) is 5.97 Å². The average Bonchev–Trinajstić information content (AvgIpc) is 1.93. The highest BCUT2D eigenvalue weighted by Gasteiger charge is 2.02. The van der Waals surface area contributed by atoms with Crippen molar-refractivity contribution in [2.24, 2.45) is 0 Å². The summed E-state index contributed by atoms with van der Waals surface area (Å²) in [5.74, 6) is -0.622. The summed E-state index contributed by atoms with van der Waals surface area (Å²) in [5.41, 5.74) is -0.650. The highest BCUT2D eigenvalue weighted by Crippen LogP contribution is 2.00. The fourth-order valence-corrected chi connectivity index (χ4v) is 0.584. The van der Waals surface area contributed by atoms with Crippen molar-refractivity contribution < 1.29 is 13.9 Å². The Morgan fingerprint density at radius 3 is 2.91 bits per heavy atom. The third kappa shape index (κ3) is 1.93. The Morgan fingerprint density at radius 1 is 1.64 bits per heavy atom. The molecule has 1 heterocycles. The lowest BCUT2D eigenvalue weighted by Crippen LogP contribution is -2.09. The van der Waals surface area contributed by atoms with Gasteiger partial charge in [-0.25, -0.2) is 4.79 Å². The minimum Gasteiger partial charge on any atom is -0.429 e. The normalized spacial score (nSPS) is 9.18. The van der Waals surface area contributed by atoms with Crippen molar-refractivity contribution in [2.45, 2.75) is 6.92 Å². The molecule has 1 aromatic rings. The number of hydrogen-bond donors (Lipinski definition) is 0. The molecule has 0 fully saturated rings. The van der Waals surface area contributed by atoms with Crippen LogP contribution in [0.5, 0.6) is 5.75 Å². The maximum absolute atomic E-state index is 10.7. The van der Waals surface area contributed by atoms with Crippen LogP contribution in [0.4, 0.5) is 0 Å². The predicted octanol–water partition coefficient (Wildman–Crippen LogP) is 0.565. The molecule has 0 aliphatic carbocycles. The van der Waals surface area contributed by atoms with E-state index >= 15 is 0 Å². The van der Waals surface area contributed by atoms with Gasteiger partial charge in [-0.1, -0.05) is 0 Å². The Morgan fingerprint density at radius 2 is 2.36 bits per heavy atom. The second-order valence-corrected chi connectivity index (χ2v) is 1.86. The van der Waals surface area contributed by atoms with Crippen LogP contribution >= 0.6 is 0 Å². The monoisotopic (exact) mass is 154 g/mol. The Balaban J connectivity index is 2.95. The van der Waals surface area contributed by atoms with Crippen LogP contribution in [0.2, 0.25) is 0 Å². The third-order valence-corrected chi connectivity index (χ3v) is 0.956. The summed E-state index contributed by atoms with van der Waals surface area (Å²) >= 11 is 0. The minimum atomic E-state index is -0.650. The van der Waals surface area contributed by atoms with Crippen molar-refractivity contribution in [1.82, 2.24) is 0 Å². The Bertz CT molecular complexity index is 312. The zero-order chi connectivity index (χ0) is 8.27. The summed E-state index contributed by atoms with van der Waals surface area (Å²) in [5, 5.41) is 0. The number of esters is 1. The van der Waals surface area contributed by atoms with Crippen molar-refractivity contribution in [2.75, 3.05) is 0 Å². The molecule has 0 aliphatic rings. The van der Waals surface area contributed by atoms with Crippen LogP contribution < -0.4 is 10.4 Å². The molecule has 0 unspecified atom stereocenters. The minimum absolute atomic E-state index is 0.0833. The number of rotatable bonds is 1. The maximum atomic E-state index is 10.7. The molecule has 4 nitrogen and oxygen atoms in total. The summed E-state index contributed by atoms with van der Waals surface area (Å²) in [6.07, 6.45) is 1.22. The molecule has 1 aromatic heterocycles. The third-order valence-electron chi connectivity index (χ3n) is 0.956. The molecule has 0 atom stereocenters. The van der Waals surface area contributed by atoms with Crippen molar-refractivity contribution in [3.63, 3.8) is 0 Å². The van der Waals surface area contributed by atoms with Gasteiger partial charge < -0.3 is 9.15 Å². The number of hydrogen-bond acceptors (Lipinski definition) is 4. The van der Waals surface area contributed by atoms with E-state index < -0.39 is 11.6 Å². The molecule has 0 radical (unpaired) electrons. The molecule has 58 valence electrons. The maximum Gasteiger partial charge on any atom is 0.379 e. The van der Waals surface area contributed by atoms with Crippen LogP contribution in [0.25, 0.3) is 0 Å². The lowest BCUT2D eigenvalue weighted by Gasteiger charge is -1.95. The fourth-order valence-electron chi connectivity index (χ4n) is 0.584. The first-order chi connectivity index (χ1) is 5.20. The van der Waals surface area contributed by atoms with Gasteiger partial charge in [0.25, 0.3) is 0 Å². The van der Waals surface area contributed by atoms with E-state index in [2.05, 4.69) is 9.15 Å². The second-order valence-electron chi connectivity index (χ2n) is 1.86. The van der Waals surface area contributed by atoms with E-state index in [4.69, 9.17) is 0 Å². The highest BCUT2D eigenvalue weighted by molar-refractivity contribution is 5.68. The van der Waals surface area contributed by atoms with Crippen molar-refractivity contribution in [3.8, 4) is 5.75 Å². The molecule has 0 saturated heterocycles. The van der Waals surface area contributed by atoms with E-state index in [-0.39, 0.29) is 5.75 Å².